The van der Waals surface area contributed by atoms with Crippen molar-refractivity contribution in [2.45, 2.75) is 33.3 Å². The monoisotopic (exact) mass is 242 g/mol. The van der Waals surface area contributed by atoms with Crippen molar-refractivity contribution in [2.24, 2.45) is 0 Å². The van der Waals surface area contributed by atoms with E-state index in [1.54, 1.807) is 0 Å². The molecule has 0 radical (unpaired) electrons. The van der Waals surface area contributed by atoms with E-state index in [2.05, 4.69) is 9.97 Å². The second-order valence-corrected chi connectivity index (χ2v) is 4.56. The Kier molecular flexibility index (Phi) is 3.72. The molecule has 3 nitrogen and oxygen atoms in total. The minimum atomic E-state index is -0.527. The molecule has 3 heteroatoms. The van der Waals surface area contributed by atoms with Gasteiger partial charge in [-0.1, -0.05) is 30.3 Å². The molecule has 0 fully saturated rings. The molecule has 0 spiro atoms. The molecule has 0 bridgehead atoms. The summed E-state index contributed by atoms with van der Waals surface area (Å²) in [5.41, 5.74) is 4.56. The Hall–Kier alpha value is -1.74. The van der Waals surface area contributed by atoms with Gasteiger partial charge in [0.1, 0.15) is 0 Å². The third-order valence-electron chi connectivity index (χ3n) is 3.15. The number of hydrogen-bond acceptors (Lipinski definition) is 3. The van der Waals surface area contributed by atoms with Crippen LogP contribution >= 0.6 is 0 Å². The van der Waals surface area contributed by atoms with Crippen LogP contribution in [0.4, 0.5) is 0 Å². The van der Waals surface area contributed by atoms with Crippen molar-refractivity contribution in [2.75, 3.05) is 0 Å². The van der Waals surface area contributed by atoms with Crippen molar-refractivity contribution in [3.63, 3.8) is 0 Å². The average molecular weight is 242 g/mol. The Labute approximate surface area is 108 Å². The highest BCUT2D eigenvalue weighted by Gasteiger charge is 2.12. The van der Waals surface area contributed by atoms with E-state index in [0.717, 1.165) is 28.3 Å². The first-order valence-corrected chi connectivity index (χ1v) is 6.11. The molecule has 0 aliphatic carbocycles. The maximum absolute atomic E-state index is 10.2. The summed E-state index contributed by atoms with van der Waals surface area (Å²) in [6, 6.07) is 9.65. The van der Waals surface area contributed by atoms with E-state index in [9.17, 15) is 5.11 Å². The molecule has 2 rings (SSSR count). The van der Waals surface area contributed by atoms with Crippen LogP contribution in [0.2, 0.25) is 0 Å². The number of benzene rings is 1. The van der Waals surface area contributed by atoms with Gasteiger partial charge >= 0.3 is 0 Å². The summed E-state index contributed by atoms with van der Waals surface area (Å²) in [5.74, 6) is 0. The predicted molar refractivity (Wildman–Crippen MR) is 71.3 cm³/mol. The lowest BCUT2D eigenvalue weighted by atomic mass is 10.0. The van der Waals surface area contributed by atoms with Gasteiger partial charge < -0.3 is 5.11 Å². The summed E-state index contributed by atoms with van der Waals surface area (Å²) in [7, 11) is 0. The summed E-state index contributed by atoms with van der Waals surface area (Å²) in [6.07, 6.45) is -0.0226. The number of aromatic nitrogens is 2. The summed E-state index contributed by atoms with van der Waals surface area (Å²) in [4.78, 5) is 8.96. The van der Waals surface area contributed by atoms with Gasteiger partial charge in [0.25, 0.3) is 0 Å². The normalized spacial score (nSPS) is 12.4. The molecule has 1 unspecified atom stereocenters. The molecule has 0 amide bonds. The number of aliphatic hydroxyl groups excluding tert-OH is 1. The molecule has 1 heterocycles. The smallest absolute Gasteiger partial charge is 0.0846 e. The van der Waals surface area contributed by atoms with Crippen molar-refractivity contribution in [1.29, 1.82) is 0 Å². The topological polar surface area (TPSA) is 46.0 Å². The lowest BCUT2D eigenvalue weighted by Crippen LogP contribution is -2.08. The Morgan fingerprint density at radius 2 is 1.56 bits per heavy atom. The number of hydrogen-bond donors (Lipinski definition) is 1. The molecule has 18 heavy (non-hydrogen) atoms. The number of nitrogens with zero attached hydrogens (tertiary/aromatic N) is 2. The van der Waals surface area contributed by atoms with E-state index in [4.69, 9.17) is 0 Å². The van der Waals surface area contributed by atoms with Crippen molar-refractivity contribution < 1.29 is 5.11 Å². The van der Waals surface area contributed by atoms with Gasteiger partial charge in [-0.15, -0.1) is 0 Å². The molecule has 94 valence electrons. The van der Waals surface area contributed by atoms with Crippen molar-refractivity contribution in [3.8, 4) is 0 Å². The van der Waals surface area contributed by atoms with Gasteiger partial charge in [-0.25, -0.2) is 0 Å². The van der Waals surface area contributed by atoms with Gasteiger partial charge in [0.2, 0.25) is 0 Å². The summed E-state index contributed by atoms with van der Waals surface area (Å²) >= 11 is 0. The van der Waals surface area contributed by atoms with Crippen LogP contribution in [0.25, 0.3) is 0 Å². The number of rotatable bonds is 3. The van der Waals surface area contributed by atoms with Gasteiger partial charge in [0.05, 0.1) is 28.9 Å². The van der Waals surface area contributed by atoms with Crippen LogP contribution in [0.3, 0.4) is 0 Å². The summed E-state index contributed by atoms with van der Waals surface area (Å²) in [5, 5.41) is 10.2. The zero-order valence-electron chi connectivity index (χ0n) is 11.0. The lowest BCUT2D eigenvalue weighted by molar-refractivity contribution is 0.176. The zero-order valence-corrected chi connectivity index (χ0v) is 11.0. The fourth-order valence-electron chi connectivity index (χ4n) is 1.93. The maximum atomic E-state index is 10.2. The van der Waals surface area contributed by atoms with Crippen LogP contribution in [0, 0.1) is 20.8 Å². The number of aryl methyl sites for hydroxylation is 3. The fraction of sp³-hybridized carbons (Fsp3) is 0.333. The molecule has 0 saturated heterocycles. The van der Waals surface area contributed by atoms with Crippen molar-refractivity contribution >= 4 is 0 Å². The molecular weight excluding hydrogens is 224 g/mol. The Balaban J connectivity index is 2.22. The van der Waals surface area contributed by atoms with E-state index in [0.29, 0.717) is 6.42 Å². The lowest BCUT2D eigenvalue weighted by Gasteiger charge is -2.13. The third kappa shape index (κ3) is 2.74. The van der Waals surface area contributed by atoms with Crippen LogP contribution < -0.4 is 0 Å². The summed E-state index contributed by atoms with van der Waals surface area (Å²) < 4.78 is 0. The summed E-state index contributed by atoms with van der Waals surface area (Å²) in [6.45, 7) is 5.83. The average Bonchev–Trinajstić information content (AvgIpc) is 2.37. The molecule has 1 atom stereocenters. The van der Waals surface area contributed by atoms with Gasteiger partial charge in [0, 0.05) is 6.42 Å². The van der Waals surface area contributed by atoms with Crippen molar-refractivity contribution in [1.82, 2.24) is 9.97 Å². The fourth-order valence-corrected chi connectivity index (χ4v) is 1.93. The molecule has 1 aromatic heterocycles. The Bertz CT molecular complexity index is 538. The number of aliphatic hydroxyl groups is 1. The van der Waals surface area contributed by atoms with Crippen LogP contribution in [0.1, 0.15) is 34.4 Å². The van der Waals surface area contributed by atoms with Gasteiger partial charge in [0.15, 0.2) is 0 Å². The standard InChI is InChI=1S/C15H18N2O/c1-10-11(2)17-14(12(3)16-10)9-15(18)13-7-5-4-6-8-13/h4-8,15,18H,9H2,1-3H3. The van der Waals surface area contributed by atoms with Crippen LogP contribution in [0.5, 0.6) is 0 Å². The van der Waals surface area contributed by atoms with Gasteiger partial charge in [-0.2, -0.15) is 0 Å². The van der Waals surface area contributed by atoms with Gasteiger partial charge in [-0.3, -0.25) is 9.97 Å². The van der Waals surface area contributed by atoms with Crippen LogP contribution in [0.15, 0.2) is 30.3 Å². The molecule has 1 aromatic carbocycles. The molecule has 0 aliphatic heterocycles. The minimum absolute atomic E-state index is 0.504. The molecule has 0 saturated carbocycles. The molecule has 0 aliphatic rings. The maximum Gasteiger partial charge on any atom is 0.0846 e. The van der Waals surface area contributed by atoms with Crippen LogP contribution in [-0.2, 0) is 6.42 Å². The largest absolute Gasteiger partial charge is 0.388 e. The Morgan fingerprint density at radius 1 is 0.944 bits per heavy atom. The first kappa shape index (κ1) is 12.7. The highest BCUT2D eigenvalue weighted by atomic mass is 16.3. The molecule has 1 N–H and O–H groups in total. The SMILES string of the molecule is Cc1nc(C)c(CC(O)c2ccccc2)nc1C. The highest BCUT2D eigenvalue weighted by molar-refractivity contribution is 5.22. The predicted octanol–water partition coefficient (Wildman–Crippen LogP) is 2.68. The van der Waals surface area contributed by atoms with E-state index >= 15 is 0 Å². The molecular formula is C15H18N2O. The first-order valence-electron chi connectivity index (χ1n) is 6.11. The first-order chi connectivity index (χ1) is 8.58. The quantitative estimate of drug-likeness (QED) is 0.900. The highest BCUT2D eigenvalue weighted by Crippen LogP contribution is 2.18. The van der Waals surface area contributed by atoms with E-state index < -0.39 is 6.10 Å². The second kappa shape index (κ2) is 5.27. The van der Waals surface area contributed by atoms with E-state index in [1.807, 2.05) is 51.1 Å². The second-order valence-electron chi connectivity index (χ2n) is 4.56. The van der Waals surface area contributed by atoms with E-state index in [-0.39, 0.29) is 0 Å². The van der Waals surface area contributed by atoms with Crippen molar-refractivity contribution in [3.05, 3.63) is 58.7 Å². The minimum Gasteiger partial charge on any atom is -0.388 e. The Morgan fingerprint density at radius 3 is 2.22 bits per heavy atom. The third-order valence-corrected chi connectivity index (χ3v) is 3.15. The van der Waals surface area contributed by atoms with Crippen LogP contribution in [-0.4, -0.2) is 15.1 Å². The zero-order chi connectivity index (χ0) is 13.1. The molecule has 2 aromatic rings. The van der Waals surface area contributed by atoms with Gasteiger partial charge in [-0.05, 0) is 26.3 Å². The van der Waals surface area contributed by atoms with E-state index in [1.165, 1.54) is 0 Å².